The van der Waals surface area contributed by atoms with Crippen LogP contribution in [0.4, 0.5) is 5.82 Å². The average Bonchev–Trinajstić information content (AvgIpc) is 2.85. The average molecular weight is 476 g/mol. The van der Waals surface area contributed by atoms with Gasteiger partial charge in [-0.05, 0) is 26.7 Å². The van der Waals surface area contributed by atoms with Gasteiger partial charge in [0.1, 0.15) is 11.8 Å². The first-order chi connectivity index (χ1) is 17.0. The van der Waals surface area contributed by atoms with Crippen LogP contribution in [0.1, 0.15) is 74.8 Å². The first-order valence-electron chi connectivity index (χ1n) is 12.5. The largest absolute Gasteiger partial charge is 0.483 e. The highest BCUT2D eigenvalue weighted by Gasteiger charge is 2.29. The fourth-order valence-electron chi connectivity index (χ4n) is 4.43. The third kappa shape index (κ3) is 7.12. The molecular weight excluding hydrogens is 438 g/mol. The molecule has 6 heteroatoms. The Bertz CT molecular complexity index is 1080. The molecular formula is C29H37N3O3. The van der Waals surface area contributed by atoms with Crippen LogP contribution in [-0.4, -0.2) is 32.7 Å². The van der Waals surface area contributed by atoms with Crippen molar-refractivity contribution in [3.63, 3.8) is 0 Å². The summed E-state index contributed by atoms with van der Waals surface area (Å²) in [5, 5.41) is 21.4. The van der Waals surface area contributed by atoms with E-state index in [2.05, 4.69) is 74.6 Å². The lowest BCUT2D eigenvalue weighted by Gasteiger charge is -2.30. The van der Waals surface area contributed by atoms with Crippen molar-refractivity contribution in [2.45, 2.75) is 77.9 Å². The maximum absolute atomic E-state index is 10.9. The van der Waals surface area contributed by atoms with Gasteiger partial charge in [0.25, 0.3) is 6.47 Å². The van der Waals surface area contributed by atoms with Crippen molar-refractivity contribution < 1.29 is 15.0 Å². The number of unbranched alkanes of at least 4 members (excludes halogenated alkanes) is 4. The molecule has 0 fully saturated rings. The van der Waals surface area contributed by atoms with Crippen molar-refractivity contribution in [1.82, 2.24) is 9.97 Å². The van der Waals surface area contributed by atoms with E-state index >= 15 is 0 Å². The molecule has 4 rings (SSSR count). The highest BCUT2D eigenvalue weighted by molar-refractivity contribution is 5.79. The quantitative estimate of drug-likeness (QED) is 0.248. The van der Waals surface area contributed by atoms with Crippen LogP contribution in [0.2, 0.25) is 0 Å². The number of aryl methyl sites for hydroxylation is 2. The molecule has 1 aliphatic rings. The SMILES string of the molecule is CCCCCCCC1CC(O)c2nc(-c3ccc(C)cc3)c(-c3ccc(C)cc3)nc2N1.O=CO. The number of carbonyl (C=O) groups is 1. The van der Waals surface area contributed by atoms with Crippen LogP contribution in [0.25, 0.3) is 22.5 Å². The fraction of sp³-hybridized carbons (Fsp3) is 0.414. The summed E-state index contributed by atoms with van der Waals surface area (Å²) in [7, 11) is 0. The van der Waals surface area contributed by atoms with E-state index in [-0.39, 0.29) is 12.5 Å². The van der Waals surface area contributed by atoms with Crippen molar-refractivity contribution in [3.8, 4) is 22.5 Å². The molecule has 2 atom stereocenters. The topological polar surface area (TPSA) is 95.3 Å². The van der Waals surface area contributed by atoms with Gasteiger partial charge in [0.15, 0.2) is 5.82 Å². The molecule has 2 unspecified atom stereocenters. The van der Waals surface area contributed by atoms with Crippen molar-refractivity contribution >= 4 is 12.3 Å². The van der Waals surface area contributed by atoms with Crippen LogP contribution >= 0.6 is 0 Å². The Morgan fingerprint density at radius 1 is 0.886 bits per heavy atom. The molecule has 0 spiro atoms. The van der Waals surface area contributed by atoms with E-state index in [1.165, 1.54) is 43.2 Å². The number of fused-ring (bicyclic) bond motifs is 1. The Morgan fingerprint density at radius 2 is 1.40 bits per heavy atom. The predicted molar refractivity (Wildman–Crippen MR) is 141 cm³/mol. The Kier molecular flexibility index (Phi) is 9.79. The highest BCUT2D eigenvalue weighted by Crippen LogP contribution is 2.37. The van der Waals surface area contributed by atoms with Crippen molar-refractivity contribution in [2.24, 2.45) is 0 Å². The Labute approximate surface area is 208 Å². The van der Waals surface area contributed by atoms with Crippen LogP contribution in [-0.2, 0) is 4.79 Å². The number of nitrogens with one attached hydrogen (secondary N) is 1. The zero-order valence-corrected chi connectivity index (χ0v) is 21.0. The van der Waals surface area contributed by atoms with E-state index in [1.54, 1.807) is 0 Å². The monoisotopic (exact) mass is 475 g/mol. The van der Waals surface area contributed by atoms with E-state index in [0.29, 0.717) is 12.1 Å². The number of nitrogens with zero attached hydrogens (tertiary/aromatic N) is 2. The summed E-state index contributed by atoms with van der Waals surface area (Å²) >= 11 is 0. The summed E-state index contributed by atoms with van der Waals surface area (Å²) in [4.78, 5) is 18.4. The van der Waals surface area contributed by atoms with E-state index < -0.39 is 6.10 Å². The van der Waals surface area contributed by atoms with Gasteiger partial charge in [-0.3, -0.25) is 4.79 Å². The number of hydrogen-bond acceptors (Lipinski definition) is 5. The number of carboxylic acid groups (broad SMARTS) is 1. The minimum atomic E-state index is -0.587. The van der Waals surface area contributed by atoms with Crippen LogP contribution in [0.15, 0.2) is 48.5 Å². The Hall–Kier alpha value is -3.25. The lowest BCUT2D eigenvalue weighted by molar-refractivity contribution is -0.122. The molecule has 0 radical (unpaired) electrons. The number of aromatic nitrogens is 2. The summed E-state index contributed by atoms with van der Waals surface area (Å²) in [6, 6.07) is 17.0. The normalized spacial score (nSPS) is 16.5. The third-order valence-electron chi connectivity index (χ3n) is 6.39. The van der Waals surface area contributed by atoms with E-state index in [0.717, 1.165) is 34.8 Å². The van der Waals surface area contributed by atoms with Crippen LogP contribution in [0, 0.1) is 13.8 Å². The maximum Gasteiger partial charge on any atom is 0.290 e. The molecule has 2 heterocycles. The molecule has 3 aromatic rings. The lowest BCUT2D eigenvalue weighted by atomic mass is 9.95. The number of benzene rings is 2. The van der Waals surface area contributed by atoms with Gasteiger partial charge in [0.2, 0.25) is 0 Å². The minimum Gasteiger partial charge on any atom is -0.483 e. The third-order valence-corrected chi connectivity index (χ3v) is 6.39. The van der Waals surface area contributed by atoms with Crippen LogP contribution < -0.4 is 5.32 Å². The number of rotatable bonds is 8. The molecule has 6 nitrogen and oxygen atoms in total. The molecule has 0 aliphatic carbocycles. The van der Waals surface area contributed by atoms with Crippen molar-refractivity contribution in [1.29, 1.82) is 0 Å². The second kappa shape index (κ2) is 13.0. The molecule has 186 valence electrons. The molecule has 35 heavy (non-hydrogen) atoms. The number of aliphatic hydroxyl groups is 1. The zero-order valence-electron chi connectivity index (χ0n) is 21.0. The number of anilines is 1. The molecule has 1 aromatic heterocycles. The van der Waals surface area contributed by atoms with Gasteiger partial charge in [-0.1, -0.05) is 98.7 Å². The van der Waals surface area contributed by atoms with Crippen molar-refractivity contribution in [2.75, 3.05) is 5.32 Å². The molecule has 1 aliphatic heterocycles. The summed E-state index contributed by atoms with van der Waals surface area (Å²) in [6.45, 7) is 6.16. The predicted octanol–water partition coefficient (Wildman–Crippen LogP) is 6.71. The first kappa shape index (κ1) is 26.4. The summed E-state index contributed by atoms with van der Waals surface area (Å²) < 4.78 is 0. The minimum absolute atomic E-state index is 0.240. The van der Waals surface area contributed by atoms with Crippen molar-refractivity contribution in [3.05, 3.63) is 65.4 Å². The standard InChI is InChI=1S/C28H35N3O.CH2O2/c1-4-5-6-7-8-9-23-18-24(32)27-28(29-23)31-26(22-16-12-20(3)13-17-22)25(30-27)21-14-10-19(2)11-15-21;2-1-3/h10-17,23-24,32H,4-9,18H2,1-3H3,(H,29,31);1H,(H,2,3). The van der Waals surface area contributed by atoms with Gasteiger partial charge >= 0.3 is 0 Å². The van der Waals surface area contributed by atoms with Gasteiger partial charge in [-0.25, -0.2) is 9.97 Å². The van der Waals surface area contributed by atoms with Gasteiger partial charge in [-0.2, -0.15) is 0 Å². The maximum atomic E-state index is 10.9. The molecule has 2 aromatic carbocycles. The fourth-order valence-corrected chi connectivity index (χ4v) is 4.43. The smallest absolute Gasteiger partial charge is 0.290 e. The number of hydrogen-bond donors (Lipinski definition) is 3. The van der Waals surface area contributed by atoms with E-state index in [9.17, 15) is 5.11 Å². The van der Waals surface area contributed by atoms with Crippen LogP contribution in [0.5, 0.6) is 0 Å². The molecule has 0 saturated carbocycles. The van der Waals surface area contributed by atoms with Gasteiger partial charge < -0.3 is 15.5 Å². The first-order valence-corrected chi connectivity index (χ1v) is 12.5. The second-order valence-corrected chi connectivity index (χ2v) is 9.29. The van der Waals surface area contributed by atoms with E-state index in [4.69, 9.17) is 19.9 Å². The summed E-state index contributed by atoms with van der Waals surface area (Å²) in [6.07, 6.45) is 7.44. The molecule has 0 amide bonds. The van der Waals surface area contributed by atoms with Gasteiger partial charge in [-0.15, -0.1) is 0 Å². The second-order valence-electron chi connectivity index (χ2n) is 9.29. The zero-order chi connectivity index (χ0) is 25.2. The number of aliphatic hydroxyl groups excluding tert-OH is 1. The van der Waals surface area contributed by atoms with Gasteiger partial charge in [0, 0.05) is 17.2 Å². The van der Waals surface area contributed by atoms with E-state index in [1.807, 2.05) is 0 Å². The Balaban J connectivity index is 0.00000108. The summed E-state index contributed by atoms with van der Waals surface area (Å²) in [5.41, 5.74) is 6.83. The molecule has 0 bridgehead atoms. The summed E-state index contributed by atoms with van der Waals surface area (Å²) in [5.74, 6) is 0.730. The molecule has 3 N–H and O–H groups in total. The molecule has 0 saturated heterocycles. The van der Waals surface area contributed by atoms with Crippen LogP contribution in [0.3, 0.4) is 0 Å². The lowest BCUT2D eigenvalue weighted by Crippen LogP contribution is -2.30. The Morgan fingerprint density at radius 3 is 1.94 bits per heavy atom. The highest BCUT2D eigenvalue weighted by atomic mass is 16.3. The van der Waals surface area contributed by atoms with Gasteiger partial charge in [0.05, 0.1) is 11.4 Å².